The summed E-state index contributed by atoms with van der Waals surface area (Å²) in [5.74, 6) is 0.845. The number of amides is 1. The van der Waals surface area contributed by atoms with Crippen LogP contribution < -0.4 is 5.32 Å². The average molecular weight is 364 g/mol. The molecule has 0 bridgehead atoms. The Hall–Kier alpha value is -2.70. The largest absolute Gasteiger partial charge is 0.379 e. The van der Waals surface area contributed by atoms with E-state index in [0.717, 1.165) is 61.0 Å². The number of nitrogens with zero attached hydrogens (tertiary/aromatic N) is 2. The first-order chi connectivity index (χ1) is 13.3. The molecule has 1 aromatic heterocycles. The zero-order valence-electron chi connectivity index (χ0n) is 15.3. The van der Waals surface area contributed by atoms with Crippen molar-refractivity contribution in [3.8, 4) is 0 Å². The number of carbonyl (C=O) groups excluding carboxylic acids is 1. The molecular formula is C21H24N4O2. The molecule has 6 heteroatoms. The Labute approximate surface area is 158 Å². The number of hydrogen-bond acceptors (Lipinski definition) is 4. The van der Waals surface area contributed by atoms with Crippen LogP contribution in [-0.2, 0) is 22.5 Å². The molecule has 2 heterocycles. The van der Waals surface area contributed by atoms with Gasteiger partial charge < -0.3 is 15.0 Å². The van der Waals surface area contributed by atoms with Crippen LogP contribution in [0.4, 0.5) is 5.69 Å². The number of anilines is 1. The Balaban J connectivity index is 1.36. The molecule has 0 saturated carbocycles. The Morgan fingerprint density at radius 3 is 2.74 bits per heavy atom. The predicted octanol–water partition coefficient (Wildman–Crippen LogP) is 2.97. The van der Waals surface area contributed by atoms with Crippen molar-refractivity contribution in [3.63, 3.8) is 0 Å². The maximum Gasteiger partial charge on any atom is 0.224 e. The number of para-hydroxylation sites is 3. The third kappa shape index (κ3) is 4.53. The molecule has 0 atom stereocenters. The standard InChI is InChI=1S/C21H24N4O2/c26-21(10-9-20-22-18-7-3-4-8-19(18)23-20)24-17-6-2-1-5-16(17)15-25-11-13-27-14-12-25/h1-8H,9-15H2,(H,22,23)(H,24,26). The van der Waals surface area contributed by atoms with E-state index in [4.69, 9.17) is 4.74 Å². The van der Waals surface area contributed by atoms with Gasteiger partial charge in [0.05, 0.1) is 24.2 Å². The van der Waals surface area contributed by atoms with Gasteiger partial charge in [-0.1, -0.05) is 30.3 Å². The maximum absolute atomic E-state index is 12.5. The summed E-state index contributed by atoms with van der Waals surface area (Å²) in [6, 6.07) is 15.9. The summed E-state index contributed by atoms with van der Waals surface area (Å²) in [7, 11) is 0. The molecule has 1 aliphatic rings. The van der Waals surface area contributed by atoms with E-state index < -0.39 is 0 Å². The Bertz CT molecular complexity index is 882. The highest BCUT2D eigenvalue weighted by Crippen LogP contribution is 2.19. The normalized spacial score (nSPS) is 15.1. The fourth-order valence-electron chi connectivity index (χ4n) is 3.35. The monoisotopic (exact) mass is 364 g/mol. The predicted molar refractivity (Wildman–Crippen MR) is 106 cm³/mol. The number of rotatable bonds is 6. The number of hydrogen-bond donors (Lipinski definition) is 2. The van der Waals surface area contributed by atoms with Crippen LogP contribution in [0, 0.1) is 0 Å². The lowest BCUT2D eigenvalue weighted by molar-refractivity contribution is -0.116. The van der Waals surface area contributed by atoms with Crippen LogP contribution in [0.1, 0.15) is 17.8 Å². The van der Waals surface area contributed by atoms with Crippen molar-refractivity contribution in [2.45, 2.75) is 19.4 Å². The molecule has 2 aromatic carbocycles. The summed E-state index contributed by atoms with van der Waals surface area (Å²) in [5, 5.41) is 3.07. The minimum atomic E-state index is 0.00452. The molecule has 0 radical (unpaired) electrons. The highest BCUT2D eigenvalue weighted by Gasteiger charge is 2.14. The summed E-state index contributed by atoms with van der Waals surface area (Å²) in [6.45, 7) is 4.21. The molecule has 3 aromatic rings. The van der Waals surface area contributed by atoms with Gasteiger partial charge in [-0.2, -0.15) is 0 Å². The Morgan fingerprint density at radius 2 is 1.89 bits per heavy atom. The molecule has 1 fully saturated rings. The lowest BCUT2D eigenvalue weighted by atomic mass is 10.1. The number of aromatic nitrogens is 2. The van der Waals surface area contributed by atoms with Crippen molar-refractivity contribution in [3.05, 3.63) is 59.9 Å². The van der Waals surface area contributed by atoms with Crippen molar-refractivity contribution in [1.82, 2.24) is 14.9 Å². The van der Waals surface area contributed by atoms with Crippen LogP contribution in [-0.4, -0.2) is 47.1 Å². The van der Waals surface area contributed by atoms with E-state index in [1.807, 2.05) is 42.5 Å². The minimum Gasteiger partial charge on any atom is -0.379 e. The van der Waals surface area contributed by atoms with Crippen molar-refractivity contribution in [2.24, 2.45) is 0 Å². The van der Waals surface area contributed by atoms with Gasteiger partial charge in [-0.3, -0.25) is 9.69 Å². The third-order valence-electron chi connectivity index (χ3n) is 4.82. The Morgan fingerprint density at radius 1 is 1.11 bits per heavy atom. The molecule has 0 spiro atoms. The fraction of sp³-hybridized carbons (Fsp3) is 0.333. The Kier molecular flexibility index (Phi) is 5.46. The summed E-state index contributed by atoms with van der Waals surface area (Å²) in [4.78, 5) is 22.6. The van der Waals surface area contributed by atoms with Gasteiger partial charge in [-0.25, -0.2) is 4.98 Å². The summed E-state index contributed by atoms with van der Waals surface area (Å²) >= 11 is 0. The van der Waals surface area contributed by atoms with Crippen LogP contribution in [0.15, 0.2) is 48.5 Å². The van der Waals surface area contributed by atoms with E-state index >= 15 is 0 Å². The van der Waals surface area contributed by atoms with Crippen LogP contribution in [0.25, 0.3) is 11.0 Å². The van der Waals surface area contributed by atoms with Gasteiger partial charge in [0.1, 0.15) is 5.82 Å². The van der Waals surface area contributed by atoms with Gasteiger partial charge in [-0.15, -0.1) is 0 Å². The molecule has 1 aliphatic heterocycles. The third-order valence-corrected chi connectivity index (χ3v) is 4.82. The number of carbonyl (C=O) groups is 1. The smallest absolute Gasteiger partial charge is 0.224 e. The van der Waals surface area contributed by atoms with Crippen LogP contribution in [0.3, 0.4) is 0 Å². The molecule has 2 N–H and O–H groups in total. The van der Waals surface area contributed by atoms with Gasteiger partial charge in [0.25, 0.3) is 0 Å². The van der Waals surface area contributed by atoms with Crippen molar-refractivity contribution in [2.75, 3.05) is 31.6 Å². The van der Waals surface area contributed by atoms with E-state index in [0.29, 0.717) is 12.8 Å². The van der Waals surface area contributed by atoms with Crippen LogP contribution in [0.5, 0.6) is 0 Å². The molecular weight excluding hydrogens is 340 g/mol. The van der Waals surface area contributed by atoms with Gasteiger partial charge in [-0.05, 0) is 23.8 Å². The number of H-pyrrole nitrogens is 1. The van der Waals surface area contributed by atoms with Crippen molar-refractivity contribution < 1.29 is 9.53 Å². The first-order valence-corrected chi connectivity index (χ1v) is 9.39. The second-order valence-electron chi connectivity index (χ2n) is 6.79. The molecule has 0 aliphatic carbocycles. The summed E-state index contributed by atoms with van der Waals surface area (Å²) in [6.07, 6.45) is 0.984. The fourth-order valence-corrected chi connectivity index (χ4v) is 3.35. The topological polar surface area (TPSA) is 70.2 Å². The number of benzene rings is 2. The van der Waals surface area contributed by atoms with E-state index in [2.05, 4.69) is 26.3 Å². The number of nitrogens with one attached hydrogen (secondary N) is 2. The molecule has 4 rings (SSSR count). The number of morpholine rings is 1. The first-order valence-electron chi connectivity index (χ1n) is 9.39. The van der Waals surface area contributed by atoms with E-state index in [1.165, 1.54) is 0 Å². The minimum absolute atomic E-state index is 0.00452. The lowest BCUT2D eigenvalue weighted by Gasteiger charge is -2.27. The number of aromatic amines is 1. The van der Waals surface area contributed by atoms with Crippen molar-refractivity contribution in [1.29, 1.82) is 0 Å². The van der Waals surface area contributed by atoms with Crippen molar-refractivity contribution >= 4 is 22.6 Å². The summed E-state index contributed by atoms with van der Waals surface area (Å²) in [5.41, 5.74) is 3.96. The van der Waals surface area contributed by atoms with Gasteiger partial charge in [0.2, 0.25) is 5.91 Å². The number of fused-ring (bicyclic) bond motifs is 1. The zero-order valence-corrected chi connectivity index (χ0v) is 15.3. The maximum atomic E-state index is 12.5. The SMILES string of the molecule is O=C(CCc1nc2ccccc2[nH]1)Nc1ccccc1CN1CCOCC1. The average Bonchev–Trinajstić information content (AvgIpc) is 3.12. The number of aryl methyl sites for hydroxylation is 1. The summed E-state index contributed by atoms with van der Waals surface area (Å²) < 4.78 is 5.41. The van der Waals surface area contributed by atoms with E-state index in [1.54, 1.807) is 0 Å². The lowest BCUT2D eigenvalue weighted by Crippen LogP contribution is -2.35. The second kappa shape index (κ2) is 8.33. The highest BCUT2D eigenvalue weighted by atomic mass is 16.5. The van der Waals surface area contributed by atoms with Crippen LogP contribution >= 0.6 is 0 Å². The van der Waals surface area contributed by atoms with E-state index in [-0.39, 0.29) is 5.91 Å². The van der Waals surface area contributed by atoms with Gasteiger partial charge >= 0.3 is 0 Å². The molecule has 1 saturated heterocycles. The quantitative estimate of drug-likeness (QED) is 0.705. The molecule has 27 heavy (non-hydrogen) atoms. The zero-order chi connectivity index (χ0) is 18.5. The number of ether oxygens (including phenoxy) is 1. The second-order valence-corrected chi connectivity index (χ2v) is 6.79. The number of imidazole rings is 1. The van der Waals surface area contributed by atoms with Crippen LogP contribution in [0.2, 0.25) is 0 Å². The molecule has 6 nitrogen and oxygen atoms in total. The molecule has 0 unspecified atom stereocenters. The highest BCUT2D eigenvalue weighted by molar-refractivity contribution is 5.91. The molecule has 1 amide bonds. The van der Waals surface area contributed by atoms with Gasteiger partial charge in [0.15, 0.2) is 0 Å². The molecule has 140 valence electrons. The first kappa shape index (κ1) is 17.7. The van der Waals surface area contributed by atoms with Gasteiger partial charge in [0, 0.05) is 38.2 Å². The van der Waals surface area contributed by atoms with E-state index in [9.17, 15) is 4.79 Å².